The zero-order valence-corrected chi connectivity index (χ0v) is 16.0. The lowest BCUT2D eigenvalue weighted by molar-refractivity contribution is 0.284. The Labute approximate surface area is 160 Å². The van der Waals surface area contributed by atoms with Gasteiger partial charge in [-0.15, -0.1) is 10.2 Å². The molecule has 1 aliphatic heterocycles. The smallest absolute Gasteiger partial charge is 0.194 e. The summed E-state index contributed by atoms with van der Waals surface area (Å²) in [5.41, 5.74) is 4.94. The van der Waals surface area contributed by atoms with Gasteiger partial charge in [0, 0.05) is 17.7 Å². The molecule has 0 saturated heterocycles. The van der Waals surface area contributed by atoms with E-state index in [0.717, 1.165) is 54.1 Å². The average Bonchev–Trinajstić information content (AvgIpc) is 3.17. The summed E-state index contributed by atoms with van der Waals surface area (Å²) in [5, 5.41) is 20.0. The molecule has 0 unspecified atom stereocenters. The van der Waals surface area contributed by atoms with Crippen molar-refractivity contribution < 1.29 is 9.84 Å². The highest BCUT2D eigenvalue weighted by Crippen LogP contribution is 2.42. The molecule has 1 aromatic heterocycles. The largest absolute Gasteiger partial charge is 0.507 e. The Balaban J connectivity index is 1.53. The van der Waals surface area contributed by atoms with E-state index in [-0.39, 0.29) is 0 Å². The Hall–Kier alpha value is -2.30. The SMILES string of the molecule is Cc1cc2c(c(O)c1-c1cc3c(nn1)N(C1CCCCC1)CCO3)CCC2. The van der Waals surface area contributed by atoms with Gasteiger partial charge in [-0.25, -0.2) is 0 Å². The average molecular weight is 365 g/mol. The number of phenols is 1. The molecule has 2 heterocycles. The molecule has 1 fully saturated rings. The number of phenolic OH excluding ortho intramolecular Hbond substituents is 1. The third kappa shape index (κ3) is 2.84. The normalized spacial score (nSPS) is 19.5. The lowest BCUT2D eigenvalue weighted by Gasteiger charge is -2.38. The molecule has 1 aromatic carbocycles. The number of aromatic hydroxyl groups is 1. The van der Waals surface area contributed by atoms with Crippen molar-refractivity contribution in [3.05, 3.63) is 28.8 Å². The zero-order valence-electron chi connectivity index (χ0n) is 16.0. The maximum Gasteiger partial charge on any atom is 0.194 e. The lowest BCUT2D eigenvalue weighted by Crippen LogP contribution is -2.42. The number of aromatic nitrogens is 2. The van der Waals surface area contributed by atoms with Crippen LogP contribution in [0.3, 0.4) is 0 Å². The van der Waals surface area contributed by atoms with Crippen LogP contribution in [-0.4, -0.2) is 34.5 Å². The van der Waals surface area contributed by atoms with Gasteiger partial charge >= 0.3 is 0 Å². The van der Waals surface area contributed by atoms with Gasteiger partial charge in [-0.05, 0) is 55.7 Å². The molecule has 3 aliphatic rings. The molecule has 2 aromatic rings. The van der Waals surface area contributed by atoms with Crippen molar-refractivity contribution in [3.63, 3.8) is 0 Å². The number of rotatable bonds is 2. The van der Waals surface area contributed by atoms with E-state index in [1.165, 1.54) is 37.7 Å². The van der Waals surface area contributed by atoms with Crippen LogP contribution in [0.15, 0.2) is 12.1 Å². The summed E-state index contributed by atoms with van der Waals surface area (Å²) in [6, 6.07) is 4.73. The van der Waals surface area contributed by atoms with E-state index in [9.17, 15) is 5.11 Å². The number of fused-ring (bicyclic) bond motifs is 2. The van der Waals surface area contributed by atoms with Crippen molar-refractivity contribution in [1.82, 2.24) is 10.2 Å². The summed E-state index contributed by atoms with van der Waals surface area (Å²) < 4.78 is 5.95. The van der Waals surface area contributed by atoms with Crippen molar-refractivity contribution in [2.45, 2.75) is 64.3 Å². The van der Waals surface area contributed by atoms with Crippen molar-refractivity contribution in [2.75, 3.05) is 18.1 Å². The van der Waals surface area contributed by atoms with Gasteiger partial charge in [-0.3, -0.25) is 0 Å². The molecule has 1 N–H and O–H groups in total. The van der Waals surface area contributed by atoms with Gasteiger partial charge in [0.05, 0.1) is 6.54 Å². The molecule has 142 valence electrons. The molecule has 0 atom stereocenters. The van der Waals surface area contributed by atoms with Gasteiger partial charge < -0.3 is 14.7 Å². The minimum Gasteiger partial charge on any atom is -0.507 e. The Kier molecular flexibility index (Phi) is 4.18. The summed E-state index contributed by atoms with van der Waals surface area (Å²) in [6.07, 6.45) is 9.51. The maximum absolute atomic E-state index is 10.9. The first-order chi connectivity index (χ1) is 13.2. The van der Waals surface area contributed by atoms with Crippen LogP contribution in [0.5, 0.6) is 11.5 Å². The van der Waals surface area contributed by atoms with E-state index >= 15 is 0 Å². The van der Waals surface area contributed by atoms with E-state index in [1.54, 1.807) is 0 Å². The highest BCUT2D eigenvalue weighted by molar-refractivity contribution is 5.76. The van der Waals surface area contributed by atoms with Crippen LogP contribution < -0.4 is 9.64 Å². The predicted octanol–water partition coefficient (Wildman–Crippen LogP) is 4.18. The van der Waals surface area contributed by atoms with Gasteiger partial charge in [0.1, 0.15) is 18.1 Å². The number of benzene rings is 1. The number of nitrogens with zero attached hydrogens (tertiary/aromatic N) is 3. The van der Waals surface area contributed by atoms with Gasteiger partial charge in [0.15, 0.2) is 11.6 Å². The van der Waals surface area contributed by atoms with Crippen LogP contribution in [0, 0.1) is 6.92 Å². The number of aryl methyl sites for hydroxylation is 2. The summed E-state index contributed by atoms with van der Waals surface area (Å²) in [4.78, 5) is 2.39. The molecule has 0 amide bonds. The predicted molar refractivity (Wildman–Crippen MR) is 106 cm³/mol. The number of ether oxygens (including phenoxy) is 1. The molecule has 0 spiro atoms. The van der Waals surface area contributed by atoms with Crippen LogP contribution in [0.25, 0.3) is 11.3 Å². The fourth-order valence-corrected chi connectivity index (χ4v) is 5.09. The van der Waals surface area contributed by atoms with Crippen LogP contribution in [-0.2, 0) is 12.8 Å². The first-order valence-corrected chi connectivity index (χ1v) is 10.3. The molecule has 5 rings (SSSR count). The van der Waals surface area contributed by atoms with E-state index in [1.807, 2.05) is 13.0 Å². The standard InChI is InChI=1S/C22H27N3O2/c1-14-12-15-6-5-9-17(15)21(26)20(14)18-13-19-22(24-23-18)25(10-11-27-19)16-7-3-2-4-8-16/h12-13,16,26H,2-11H2,1H3. The van der Waals surface area contributed by atoms with Crippen LogP contribution >= 0.6 is 0 Å². The lowest BCUT2D eigenvalue weighted by atomic mass is 9.94. The quantitative estimate of drug-likeness (QED) is 0.865. The topological polar surface area (TPSA) is 58.5 Å². The van der Waals surface area contributed by atoms with Gasteiger partial charge in [0.25, 0.3) is 0 Å². The summed E-state index contributed by atoms with van der Waals surface area (Å²) >= 11 is 0. The highest BCUT2D eigenvalue weighted by Gasteiger charge is 2.29. The van der Waals surface area contributed by atoms with Crippen LogP contribution in [0.2, 0.25) is 0 Å². The molecule has 0 radical (unpaired) electrons. The first-order valence-electron chi connectivity index (χ1n) is 10.3. The van der Waals surface area contributed by atoms with Crippen LogP contribution in [0.4, 0.5) is 5.82 Å². The molecule has 0 bridgehead atoms. The molecule has 5 heteroatoms. The molecular weight excluding hydrogens is 338 g/mol. The monoisotopic (exact) mass is 365 g/mol. The summed E-state index contributed by atoms with van der Waals surface area (Å²) in [5.74, 6) is 2.06. The van der Waals surface area contributed by atoms with E-state index < -0.39 is 0 Å². The van der Waals surface area contributed by atoms with Crippen LogP contribution in [0.1, 0.15) is 55.2 Å². The Morgan fingerprint density at radius 1 is 1.07 bits per heavy atom. The summed E-state index contributed by atoms with van der Waals surface area (Å²) in [7, 11) is 0. The van der Waals surface area contributed by atoms with Crippen molar-refractivity contribution in [2.24, 2.45) is 0 Å². The second-order valence-corrected chi connectivity index (χ2v) is 8.16. The summed E-state index contributed by atoms with van der Waals surface area (Å²) in [6.45, 7) is 3.61. The second-order valence-electron chi connectivity index (χ2n) is 8.16. The minimum atomic E-state index is 0.386. The fraction of sp³-hybridized carbons (Fsp3) is 0.545. The number of hydrogen-bond donors (Lipinski definition) is 1. The Bertz CT molecular complexity index is 874. The maximum atomic E-state index is 10.9. The molecule has 5 nitrogen and oxygen atoms in total. The van der Waals surface area contributed by atoms with Crippen molar-refractivity contribution in [3.8, 4) is 22.8 Å². The molecule has 27 heavy (non-hydrogen) atoms. The van der Waals surface area contributed by atoms with E-state index in [4.69, 9.17) is 4.74 Å². The minimum absolute atomic E-state index is 0.386. The third-order valence-electron chi connectivity index (χ3n) is 6.44. The van der Waals surface area contributed by atoms with Crippen molar-refractivity contribution >= 4 is 5.82 Å². The van der Waals surface area contributed by atoms with E-state index in [0.29, 0.717) is 24.1 Å². The number of anilines is 1. The molecule has 2 aliphatic carbocycles. The van der Waals surface area contributed by atoms with Gasteiger partial charge in [0.2, 0.25) is 0 Å². The Morgan fingerprint density at radius 2 is 1.93 bits per heavy atom. The van der Waals surface area contributed by atoms with Gasteiger partial charge in [-0.1, -0.05) is 25.3 Å². The molecule has 1 saturated carbocycles. The Morgan fingerprint density at radius 3 is 2.78 bits per heavy atom. The first kappa shape index (κ1) is 16.8. The fourth-order valence-electron chi connectivity index (χ4n) is 5.09. The third-order valence-corrected chi connectivity index (χ3v) is 6.44. The van der Waals surface area contributed by atoms with Crippen molar-refractivity contribution in [1.29, 1.82) is 0 Å². The zero-order chi connectivity index (χ0) is 18.4. The van der Waals surface area contributed by atoms with E-state index in [2.05, 4.69) is 21.2 Å². The van der Waals surface area contributed by atoms with Gasteiger partial charge in [-0.2, -0.15) is 0 Å². The molecular formula is C22H27N3O2. The second kappa shape index (κ2) is 6.70. The number of hydrogen-bond acceptors (Lipinski definition) is 5. The highest BCUT2D eigenvalue weighted by atomic mass is 16.5.